The fourth-order valence-corrected chi connectivity index (χ4v) is 3.12. The Morgan fingerprint density at radius 3 is 2.64 bits per heavy atom. The molecule has 2 aliphatic heterocycles. The minimum Gasteiger partial charge on any atom is -0.454 e. The van der Waals surface area contributed by atoms with Crippen LogP contribution in [-0.2, 0) is 19.0 Å². The standard InChI is InChI=1S/C16H19NO5/c1-10(18)17-9-13-15(12(17)8-14(20-2)21-13)22-16(19)11-6-4-3-5-7-11/h3-7,12-15H,8-9H2,1-2H3/t12-,13+,14+,15-/m0/s1. The third-order valence-corrected chi connectivity index (χ3v) is 4.20. The number of likely N-dealkylation sites (tertiary alicyclic amines) is 1. The third-order valence-electron chi connectivity index (χ3n) is 4.20. The summed E-state index contributed by atoms with van der Waals surface area (Å²) in [5, 5.41) is 0. The van der Waals surface area contributed by atoms with Crippen molar-refractivity contribution in [2.75, 3.05) is 13.7 Å². The van der Waals surface area contributed by atoms with E-state index in [0.717, 1.165) is 0 Å². The van der Waals surface area contributed by atoms with Crippen LogP contribution in [0.4, 0.5) is 0 Å². The van der Waals surface area contributed by atoms with Crippen LogP contribution in [-0.4, -0.2) is 55.0 Å². The first-order valence-corrected chi connectivity index (χ1v) is 7.31. The van der Waals surface area contributed by atoms with Crippen molar-refractivity contribution in [2.24, 2.45) is 0 Å². The van der Waals surface area contributed by atoms with Gasteiger partial charge in [0.2, 0.25) is 5.91 Å². The second kappa shape index (κ2) is 6.06. The number of esters is 1. The Labute approximate surface area is 128 Å². The summed E-state index contributed by atoms with van der Waals surface area (Å²) in [5.74, 6) is -0.445. The topological polar surface area (TPSA) is 65.1 Å². The van der Waals surface area contributed by atoms with E-state index in [2.05, 4.69) is 0 Å². The van der Waals surface area contributed by atoms with E-state index in [9.17, 15) is 9.59 Å². The van der Waals surface area contributed by atoms with Crippen LogP contribution >= 0.6 is 0 Å². The van der Waals surface area contributed by atoms with Crippen LogP contribution in [0.15, 0.2) is 30.3 Å². The number of benzene rings is 1. The first kappa shape index (κ1) is 15.0. The molecule has 2 heterocycles. The Kier molecular flexibility index (Phi) is 4.13. The van der Waals surface area contributed by atoms with E-state index in [1.54, 1.807) is 36.3 Å². The van der Waals surface area contributed by atoms with Gasteiger partial charge in [-0.25, -0.2) is 4.79 Å². The van der Waals surface area contributed by atoms with E-state index in [1.165, 1.54) is 6.92 Å². The van der Waals surface area contributed by atoms with Gasteiger partial charge < -0.3 is 19.1 Å². The van der Waals surface area contributed by atoms with Gasteiger partial charge in [0, 0.05) is 20.5 Å². The number of rotatable bonds is 3. The van der Waals surface area contributed by atoms with Crippen molar-refractivity contribution in [3.63, 3.8) is 0 Å². The quantitative estimate of drug-likeness (QED) is 0.785. The SMILES string of the molecule is CO[C@H]1C[C@H]2[C@H](OC(=O)c3ccccc3)[C@@H](CN2C(C)=O)O1. The lowest BCUT2D eigenvalue weighted by molar-refractivity contribution is -0.200. The maximum absolute atomic E-state index is 12.2. The summed E-state index contributed by atoms with van der Waals surface area (Å²) >= 11 is 0. The summed E-state index contributed by atoms with van der Waals surface area (Å²) in [4.78, 5) is 25.7. The van der Waals surface area contributed by atoms with Gasteiger partial charge in [0.1, 0.15) is 6.10 Å². The molecule has 0 radical (unpaired) electrons. The molecule has 1 aromatic carbocycles. The van der Waals surface area contributed by atoms with Crippen LogP contribution in [0.2, 0.25) is 0 Å². The first-order valence-electron chi connectivity index (χ1n) is 7.31. The molecule has 2 fully saturated rings. The van der Waals surface area contributed by atoms with Crippen LogP contribution in [0, 0.1) is 0 Å². The highest BCUT2D eigenvalue weighted by atomic mass is 16.7. The van der Waals surface area contributed by atoms with Gasteiger partial charge in [-0.1, -0.05) is 18.2 Å². The molecule has 0 unspecified atom stereocenters. The van der Waals surface area contributed by atoms with Gasteiger partial charge in [-0.05, 0) is 12.1 Å². The van der Waals surface area contributed by atoms with E-state index in [-0.39, 0.29) is 24.3 Å². The zero-order valence-corrected chi connectivity index (χ0v) is 12.6. The van der Waals surface area contributed by atoms with Crippen molar-refractivity contribution in [3.8, 4) is 0 Å². The molecule has 4 atom stereocenters. The number of methoxy groups -OCH3 is 1. The molecule has 0 aliphatic carbocycles. The lowest BCUT2D eigenvalue weighted by Crippen LogP contribution is -2.48. The average Bonchev–Trinajstić information content (AvgIpc) is 2.74. The van der Waals surface area contributed by atoms with E-state index in [1.807, 2.05) is 6.07 Å². The third kappa shape index (κ3) is 2.71. The number of hydrogen-bond donors (Lipinski definition) is 0. The molecule has 6 nitrogen and oxygen atoms in total. The highest BCUT2D eigenvalue weighted by molar-refractivity contribution is 5.89. The summed E-state index contributed by atoms with van der Waals surface area (Å²) in [6, 6.07) is 8.61. The van der Waals surface area contributed by atoms with Gasteiger partial charge in [-0.2, -0.15) is 0 Å². The van der Waals surface area contributed by atoms with Crippen molar-refractivity contribution in [1.29, 1.82) is 0 Å². The number of hydrogen-bond acceptors (Lipinski definition) is 5. The van der Waals surface area contributed by atoms with E-state index in [0.29, 0.717) is 18.5 Å². The van der Waals surface area contributed by atoms with Gasteiger partial charge in [-0.15, -0.1) is 0 Å². The summed E-state index contributed by atoms with van der Waals surface area (Å²) in [5.41, 5.74) is 0.491. The molecular weight excluding hydrogens is 286 g/mol. The molecule has 22 heavy (non-hydrogen) atoms. The summed E-state index contributed by atoms with van der Waals surface area (Å²) < 4.78 is 16.6. The number of fused-ring (bicyclic) bond motifs is 2. The van der Waals surface area contributed by atoms with Gasteiger partial charge in [-0.3, -0.25) is 4.79 Å². The highest BCUT2D eigenvalue weighted by Crippen LogP contribution is 2.34. The van der Waals surface area contributed by atoms with E-state index in [4.69, 9.17) is 14.2 Å². The maximum atomic E-state index is 12.2. The van der Waals surface area contributed by atoms with Crippen LogP contribution in [0.25, 0.3) is 0 Å². The second-order valence-electron chi connectivity index (χ2n) is 5.55. The Morgan fingerprint density at radius 2 is 2.00 bits per heavy atom. The monoisotopic (exact) mass is 305 g/mol. The summed E-state index contributed by atoms with van der Waals surface area (Å²) in [6.07, 6.45) is -0.673. The molecule has 0 saturated carbocycles. The molecule has 6 heteroatoms. The van der Waals surface area contributed by atoms with Gasteiger partial charge in [0.15, 0.2) is 12.4 Å². The van der Waals surface area contributed by atoms with Crippen molar-refractivity contribution >= 4 is 11.9 Å². The van der Waals surface area contributed by atoms with Gasteiger partial charge >= 0.3 is 5.97 Å². The van der Waals surface area contributed by atoms with E-state index < -0.39 is 12.1 Å². The molecule has 1 aromatic rings. The molecule has 2 bridgehead atoms. The van der Waals surface area contributed by atoms with Crippen LogP contribution in [0.3, 0.4) is 0 Å². The summed E-state index contributed by atoms with van der Waals surface area (Å²) in [7, 11) is 1.57. The molecule has 1 amide bonds. The molecule has 118 valence electrons. The second-order valence-corrected chi connectivity index (χ2v) is 5.55. The predicted molar refractivity (Wildman–Crippen MR) is 77.1 cm³/mol. The maximum Gasteiger partial charge on any atom is 0.338 e. The number of amides is 1. The van der Waals surface area contributed by atoms with Crippen LogP contribution in [0.5, 0.6) is 0 Å². The summed E-state index contributed by atoms with van der Waals surface area (Å²) in [6.45, 7) is 1.94. The Hall–Kier alpha value is -1.92. The lowest BCUT2D eigenvalue weighted by Gasteiger charge is -2.34. The number of nitrogens with zero attached hydrogens (tertiary/aromatic N) is 1. The Bertz CT molecular complexity index is 561. The molecule has 2 saturated heterocycles. The normalized spacial score (nSPS) is 30.2. The van der Waals surface area contributed by atoms with Gasteiger partial charge in [0.05, 0.1) is 18.2 Å². The molecule has 0 spiro atoms. The van der Waals surface area contributed by atoms with Crippen molar-refractivity contribution in [3.05, 3.63) is 35.9 Å². The molecule has 2 aliphatic rings. The fraction of sp³-hybridized carbons (Fsp3) is 0.500. The number of carbonyl (C=O) groups excluding carboxylic acids is 2. The average molecular weight is 305 g/mol. The predicted octanol–water partition coefficient (Wildman–Crippen LogP) is 1.20. The zero-order chi connectivity index (χ0) is 15.7. The number of carbonyl (C=O) groups is 2. The zero-order valence-electron chi connectivity index (χ0n) is 12.6. The van der Waals surface area contributed by atoms with Crippen molar-refractivity contribution in [1.82, 2.24) is 4.90 Å². The van der Waals surface area contributed by atoms with Crippen LogP contribution < -0.4 is 0 Å². The van der Waals surface area contributed by atoms with Crippen molar-refractivity contribution < 1.29 is 23.8 Å². The molecular formula is C16H19NO5. The highest BCUT2D eigenvalue weighted by Gasteiger charge is 2.51. The van der Waals surface area contributed by atoms with Gasteiger partial charge in [0.25, 0.3) is 0 Å². The van der Waals surface area contributed by atoms with E-state index >= 15 is 0 Å². The first-order chi connectivity index (χ1) is 10.6. The Balaban J connectivity index is 1.76. The lowest BCUT2D eigenvalue weighted by atomic mass is 10.0. The largest absolute Gasteiger partial charge is 0.454 e. The number of ether oxygens (including phenoxy) is 3. The smallest absolute Gasteiger partial charge is 0.338 e. The fourth-order valence-electron chi connectivity index (χ4n) is 3.12. The molecule has 3 rings (SSSR count). The molecule has 0 aromatic heterocycles. The minimum absolute atomic E-state index is 0.0476. The van der Waals surface area contributed by atoms with Crippen molar-refractivity contribution in [2.45, 2.75) is 37.9 Å². The van der Waals surface area contributed by atoms with Crippen LogP contribution in [0.1, 0.15) is 23.7 Å². The minimum atomic E-state index is -0.456. The molecule has 0 N–H and O–H groups in total. The Morgan fingerprint density at radius 1 is 1.27 bits per heavy atom.